The fourth-order valence-corrected chi connectivity index (χ4v) is 3.34. The quantitative estimate of drug-likeness (QED) is 0.847. The molecule has 1 aliphatic heterocycles. The van der Waals surface area contributed by atoms with E-state index in [-0.39, 0.29) is 0 Å². The molecule has 2 aromatic rings. The van der Waals surface area contributed by atoms with Gasteiger partial charge in [0, 0.05) is 25.2 Å². The molecule has 0 N–H and O–H groups in total. The van der Waals surface area contributed by atoms with Gasteiger partial charge in [-0.1, -0.05) is 11.6 Å². The zero-order chi connectivity index (χ0) is 14.2. The summed E-state index contributed by atoms with van der Waals surface area (Å²) in [6, 6.07) is 0.439. The van der Waals surface area contributed by atoms with Crippen LogP contribution in [0, 0.1) is 0 Å². The Kier molecular flexibility index (Phi) is 3.54. The van der Waals surface area contributed by atoms with Crippen molar-refractivity contribution in [3.05, 3.63) is 28.6 Å². The van der Waals surface area contributed by atoms with E-state index < -0.39 is 0 Å². The normalized spacial score (nSPS) is 23.6. The minimum absolute atomic E-state index is 0.439. The molecule has 0 spiro atoms. The SMILES string of the molecule is Brc1cnn(C2CCN(Cc3noc(C4CCC4)n3)C2)c1. The molecule has 0 bridgehead atoms. The van der Waals surface area contributed by atoms with Gasteiger partial charge in [-0.3, -0.25) is 9.58 Å². The molecular weight excluding hydrogens is 334 g/mol. The number of aromatic nitrogens is 4. The van der Waals surface area contributed by atoms with Gasteiger partial charge in [0.2, 0.25) is 5.89 Å². The van der Waals surface area contributed by atoms with Crippen LogP contribution in [0.1, 0.15) is 49.4 Å². The average Bonchev–Trinajstić information content (AvgIpc) is 3.09. The van der Waals surface area contributed by atoms with E-state index in [0.29, 0.717) is 12.0 Å². The first-order valence-electron chi connectivity index (χ1n) is 7.52. The fraction of sp³-hybridized carbons (Fsp3) is 0.643. The van der Waals surface area contributed by atoms with E-state index in [1.807, 2.05) is 17.1 Å². The monoisotopic (exact) mass is 351 g/mol. The highest BCUT2D eigenvalue weighted by Crippen LogP contribution is 2.35. The van der Waals surface area contributed by atoms with E-state index in [0.717, 1.165) is 42.2 Å². The predicted molar refractivity (Wildman–Crippen MR) is 79.7 cm³/mol. The van der Waals surface area contributed by atoms with Crippen molar-refractivity contribution in [2.24, 2.45) is 0 Å². The molecule has 6 nitrogen and oxygen atoms in total. The summed E-state index contributed by atoms with van der Waals surface area (Å²) in [7, 11) is 0. The van der Waals surface area contributed by atoms with Crippen LogP contribution in [0.3, 0.4) is 0 Å². The van der Waals surface area contributed by atoms with Crippen LogP contribution in [0.4, 0.5) is 0 Å². The summed E-state index contributed by atoms with van der Waals surface area (Å²) in [5, 5.41) is 8.51. The highest BCUT2D eigenvalue weighted by atomic mass is 79.9. The lowest BCUT2D eigenvalue weighted by Gasteiger charge is -2.20. The standard InChI is InChI=1S/C14H18BrN5O/c15-11-6-16-20(7-11)12-4-5-19(8-12)9-13-17-14(21-18-13)10-2-1-3-10/h6-7,10,12H,1-5,8-9H2. The van der Waals surface area contributed by atoms with Gasteiger partial charge < -0.3 is 4.52 Å². The van der Waals surface area contributed by atoms with E-state index >= 15 is 0 Å². The highest BCUT2D eigenvalue weighted by Gasteiger charge is 2.28. The Labute approximate surface area is 131 Å². The van der Waals surface area contributed by atoms with Crippen LogP contribution < -0.4 is 0 Å². The lowest BCUT2D eigenvalue weighted by molar-refractivity contribution is 0.280. The number of halogens is 1. The van der Waals surface area contributed by atoms with Gasteiger partial charge in [0.05, 0.1) is 23.3 Å². The third-order valence-corrected chi connectivity index (χ3v) is 4.90. The maximum atomic E-state index is 5.38. The minimum Gasteiger partial charge on any atom is -0.339 e. The van der Waals surface area contributed by atoms with E-state index in [9.17, 15) is 0 Å². The molecule has 2 fully saturated rings. The van der Waals surface area contributed by atoms with Crippen LogP contribution in [0.25, 0.3) is 0 Å². The molecule has 0 amide bonds. The lowest BCUT2D eigenvalue weighted by Crippen LogP contribution is -2.22. The summed E-state index contributed by atoms with van der Waals surface area (Å²) in [5.41, 5.74) is 0. The van der Waals surface area contributed by atoms with Gasteiger partial charge in [0.25, 0.3) is 0 Å². The number of hydrogen-bond donors (Lipinski definition) is 0. The molecule has 2 aliphatic rings. The molecule has 7 heteroatoms. The smallest absolute Gasteiger partial charge is 0.229 e. The fourth-order valence-electron chi connectivity index (χ4n) is 3.04. The van der Waals surface area contributed by atoms with E-state index in [1.165, 1.54) is 19.3 Å². The molecule has 0 radical (unpaired) electrons. The van der Waals surface area contributed by atoms with Gasteiger partial charge >= 0.3 is 0 Å². The summed E-state index contributed by atoms with van der Waals surface area (Å²) in [6.07, 6.45) is 8.67. The van der Waals surface area contributed by atoms with Gasteiger partial charge in [-0.15, -0.1) is 0 Å². The zero-order valence-electron chi connectivity index (χ0n) is 11.8. The van der Waals surface area contributed by atoms with Crippen LogP contribution in [0.2, 0.25) is 0 Å². The molecule has 1 saturated heterocycles. The van der Waals surface area contributed by atoms with Crippen LogP contribution in [0.15, 0.2) is 21.4 Å². The average molecular weight is 352 g/mol. The van der Waals surface area contributed by atoms with Crippen molar-refractivity contribution in [1.29, 1.82) is 0 Å². The first-order chi connectivity index (χ1) is 10.3. The molecule has 1 atom stereocenters. The molecule has 1 unspecified atom stereocenters. The third kappa shape index (κ3) is 2.76. The molecule has 4 rings (SSSR count). The lowest BCUT2D eigenvalue weighted by atomic mass is 9.85. The Hall–Kier alpha value is -1.21. The summed E-state index contributed by atoms with van der Waals surface area (Å²) in [5.74, 6) is 2.17. The van der Waals surface area contributed by atoms with Crippen LogP contribution in [-0.4, -0.2) is 37.9 Å². The Bertz CT molecular complexity index is 620. The molecule has 112 valence electrons. The van der Waals surface area contributed by atoms with Crippen molar-refractivity contribution >= 4 is 15.9 Å². The van der Waals surface area contributed by atoms with Crippen LogP contribution in [0.5, 0.6) is 0 Å². The largest absolute Gasteiger partial charge is 0.339 e. The minimum atomic E-state index is 0.439. The van der Waals surface area contributed by atoms with Crippen molar-refractivity contribution in [3.8, 4) is 0 Å². The molecule has 1 aliphatic carbocycles. The van der Waals surface area contributed by atoms with E-state index in [1.54, 1.807) is 0 Å². The summed E-state index contributed by atoms with van der Waals surface area (Å²) in [4.78, 5) is 6.92. The molecule has 2 aromatic heterocycles. The number of rotatable bonds is 4. The summed E-state index contributed by atoms with van der Waals surface area (Å²) < 4.78 is 8.46. The Morgan fingerprint density at radius 1 is 1.33 bits per heavy atom. The molecular formula is C14H18BrN5O. The number of likely N-dealkylation sites (tertiary alicyclic amines) is 1. The second kappa shape index (κ2) is 5.53. The van der Waals surface area contributed by atoms with E-state index in [2.05, 4.69) is 36.1 Å². The Morgan fingerprint density at radius 2 is 2.24 bits per heavy atom. The van der Waals surface area contributed by atoms with Crippen molar-refractivity contribution in [1.82, 2.24) is 24.8 Å². The predicted octanol–water partition coefficient (Wildman–Crippen LogP) is 2.74. The van der Waals surface area contributed by atoms with Crippen molar-refractivity contribution in [2.45, 2.75) is 44.2 Å². The third-order valence-electron chi connectivity index (χ3n) is 4.49. The first kappa shape index (κ1) is 13.5. The maximum absolute atomic E-state index is 5.38. The van der Waals surface area contributed by atoms with Crippen LogP contribution >= 0.6 is 15.9 Å². The molecule has 3 heterocycles. The maximum Gasteiger partial charge on any atom is 0.229 e. The van der Waals surface area contributed by atoms with Gasteiger partial charge in [0.1, 0.15) is 0 Å². The second-order valence-corrected chi connectivity index (χ2v) is 6.91. The molecule has 1 saturated carbocycles. The number of hydrogen-bond acceptors (Lipinski definition) is 5. The van der Waals surface area contributed by atoms with Gasteiger partial charge in [-0.05, 0) is 35.2 Å². The Balaban J connectivity index is 1.36. The number of nitrogens with zero attached hydrogens (tertiary/aromatic N) is 5. The zero-order valence-corrected chi connectivity index (χ0v) is 13.4. The molecule has 21 heavy (non-hydrogen) atoms. The van der Waals surface area contributed by atoms with Gasteiger partial charge in [-0.25, -0.2) is 0 Å². The van der Waals surface area contributed by atoms with Gasteiger partial charge in [0.15, 0.2) is 5.82 Å². The van der Waals surface area contributed by atoms with Crippen molar-refractivity contribution in [3.63, 3.8) is 0 Å². The topological polar surface area (TPSA) is 60.0 Å². The summed E-state index contributed by atoms with van der Waals surface area (Å²) in [6.45, 7) is 2.81. The molecule has 0 aromatic carbocycles. The van der Waals surface area contributed by atoms with Gasteiger partial charge in [-0.2, -0.15) is 10.1 Å². The summed E-state index contributed by atoms with van der Waals surface area (Å²) >= 11 is 3.45. The second-order valence-electron chi connectivity index (χ2n) is 5.99. The highest BCUT2D eigenvalue weighted by molar-refractivity contribution is 9.10. The van der Waals surface area contributed by atoms with Crippen LogP contribution in [-0.2, 0) is 6.54 Å². The first-order valence-corrected chi connectivity index (χ1v) is 8.32. The van der Waals surface area contributed by atoms with Crippen molar-refractivity contribution < 1.29 is 4.52 Å². The Morgan fingerprint density at radius 3 is 2.95 bits per heavy atom. The van der Waals surface area contributed by atoms with Crippen molar-refractivity contribution in [2.75, 3.05) is 13.1 Å². The van der Waals surface area contributed by atoms with E-state index in [4.69, 9.17) is 4.52 Å².